The van der Waals surface area contributed by atoms with Crippen molar-refractivity contribution in [1.29, 1.82) is 0 Å². The second-order valence-corrected chi connectivity index (χ2v) is 10.4. The van der Waals surface area contributed by atoms with E-state index in [1.54, 1.807) is 13.8 Å². The topological polar surface area (TPSA) is 143 Å². The van der Waals surface area contributed by atoms with Gasteiger partial charge in [0.05, 0.1) is 32.3 Å². The minimum absolute atomic E-state index is 0.0456. The van der Waals surface area contributed by atoms with Crippen LogP contribution in [0.5, 0.6) is 11.5 Å². The van der Waals surface area contributed by atoms with Gasteiger partial charge in [-0.2, -0.15) is 0 Å². The Bertz CT molecular complexity index is 1270. The Morgan fingerprint density at radius 2 is 1.97 bits per heavy atom. The standard InChI is InChI=1S/C27H34N4O6/c1-11-6-14-7-15-10-31-17(21(30-15)19(14)23(33)25(11)36-4)8-16-20(18(31)9-29-27(35)13(3)28)24(34)26(37-5)12(2)22(16)32/h6,13,15,17-18,21,30,33H,7-10,28H2,1-5H3,(H,29,35). The van der Waals surface area contributed by atoms with Crippen LogP contribution >= 0.6 is 0 Å². The predicted molar refractivity (Wildman–Crippen MR) is 135 cm³/mol. The highest BCUT2D eigenvalue weighted by Crippen LogP contribution is 2.49. The van der Waals surface area contributed by atoms with Gasteiger partial charge in [-0.15, -0.1) is 0 Å². The van der Waals surface area contributed by atoms with Crippen molar-refractivity contribution >= 4 is 17.5 Å². The van der Waals surface area contributed by atoms with Gasteiger partial charge < -0.3 is 30.9 Å². The van der Waals surface area contributed by atoms with Crippen LogP contribution in [0.1, 0.15) is 43.0 Å². The summed E-state index contributed by atoms with van der Waals surface area (Å²) in [5.74, 6) is -0.308. The Labute approximate surface area is 215 Å². The average molecular weight is 511 g/mol. The fourth-order valence-corrected chi connectivity index (χ4v) is 6.53. The second-order valence-electron chi connectivity index (χ2n) is 10.4. The SMILES string of the molecule is COC1=C(C)C(=O)C2=C(C1=O)C(CNC(=O)C(C)N)N1CC3Cc4cc(C)c(OC)c(O)c4C(N3)C1C2. The van der Waals surface area contributed by atoms with Gasteiger partial charge in [0.15, 0.2) is 23.0 Å². The number of methoxy groups -OCH3 is 2. The molecule has 1 fully saturated rings. The molecule has 4 aliphatic rings. The van der Waals surface area contributed by atoms with E-state index in [4.69, 9.17) is 15.2 Å². The number of allylic oxidation sites excluding steroid dienone is 2. The zero-order valence-corrected chi connectivity index (χ0v) is 21.8. The second kappa shape index (κ2) is 9.27. The minimum atomic E-state index is -0.713. The molecule has 1 saturated heterocycles. The molecule has 10 heteroatoms. The molecule has 3 heterocycles. The van der Waals surface area contributed by atoms with E-state index in [1.807, 2.05) is 6.92 Å². The molecular weight excluding hydrogens is 476 g/mol. The number of rotatable bonds is 5. The molecule has 0 spiro atoms. The Kier molecular flexibility index (Phi) is 6.37. The van der Waals surface area contributed by atoms with E-state index >= 15 is 0 Å². The van der Waals surface area contributed by atoms with E-state index in [-0.39, 0.29) is 59.2 Å². The molecule has 3 aliphatic heterocycles. The molecule has 1 aromatic carbocycles. The molecule has 0 aromatic heterocycles. The van der Waals surface area contributed by atoms with Gasteiger partial charge >= 0.3 is 0 Å². The van der Waals surface area contributed by atoms with Crippen molar-refractivity contribution in [2.45, 2.75) is 63.8 Å². The van der Waals surface area contributed by atoms with Gasteiger partial charge in [0, 0.05) is 47.5 Å². The predicted octanol–water partition coefficient (Wildman–Crippen LogP) is 0.553. The number of carbonyl (C=O) groups excluding carboxylic acids is 3. The number of aromatic hydroxyl groups is 1. The van der Waals surface area contributed by atoms with E-state index in [1.165, 1.54) is 14.2 Å². The number of hydrogen-bond donors (Lipinski definition) is 4. The maximum Gasteiger partial charge on any atom is 0.236 e. The molecule has 1 aromatic rings. The summed E-state index contributed by atoms with van der Waals surface area (Å²) in [6.45, 7) is 5.84. The number of Topliss-reactive ketones (excluding diaryl/α,β-unsaturated/α-hetero) is 2. The van der Waals surface area contributed by atoms with Gasteiger partial charge in [-0.25, -0.2) is 0 Å². The Morgan fingerprint density at radius 3 is 2.62 bits per heavy atom. The summed E-state index contributed by atoms with van der Waals surface area (Å²) < 4.78 is 10.8. The number of phenols is 1. The lowest BCUT2D eigenvalue weighted by molar-refractivity contribution is -0.123. The van der Waals surface area contributed by atoms with E-state index in [9.17, 15) is 19.5 Å². The van der Waals surface area contributed by atoms with Crippen molar-refractivity contribution in [2.24, 2.45) is 5.73 Å². The quantitative estimate of drug-likeness (QED) is 0.418. The summed E-state index contributed by atoms with van der Waals surface area (Å²) >= 11 is 0. The number of fused-ring (bicyclic) bond motifs is 6. The maximum atomic E-state index is 13.6. The third kappa shape index (κ3) is 3.86. The molecule has 5 atom stereocenters. The molecule has 1 aliphatic carbocycles. The first-order valence-electron chi connectivity index (χ1n) is 12.6. The number of nitrogens with one attached hydrogen (secondary N) is 2. The fourth-order valence-electron chi connectivity index (χ4n) is 6.53. The molecule has 37 heavy (non-hydrogen) atoms. The van der Waals surface area contributed by atoms with Crippen LogP contribution in [0.15, 0.2) is 28.5 Å². The Hall–Kier alpha value is -3.21. The van der Waals surface area contributed by atoms with Crippen molar-refractivity contribution in [3.8, 4) is 11.5 Å². The summed E-state index contributed by atoms with van der Waals surface area (Å²) in [5.41, 5.74) is 9.54. The molecule has 5 unspecified atom stereocenters. The average Bonchev–Trinajstić information content (AvgIpc) is 2.85. The van der Waals surface area contributed by atoms with Gasteiger partial charge in [-0.05, 0) is 44.7 Å². The number of nitrogens with zero attached hydrogens (tertiary/aromatic N) is 1. The number of phenolic OH excluding ortho intramolecular Hbond substituents is 1. The van der Waals surface area contributed by atoms with E-state index < -0.39 is 12.1 Å². The van der Waals surface area contributed by atoms with Crippen molar-refractivity contribution in [2.75, 3.05) is 27.3 Å². The minimum Gasteiger partial charge on any atom is -0.504 e. The summed E-state index contributed by atoms with van der Waals surface area (Å²) in [4.78, 5) is 41.7. The van der Waals surface area contributed by atoms with Crippen LogP contribution in [-0.2, 0) is 25.5 Å². The molecule has 0 radical (unpaired) electrons. The van der Waals surface area contributed by atoms with Crippen LogP contribution in [-0.4, -0.2) is 79.0 Å². The van der Waals surface area contributed by atoms with Gasteiger partial charge in [-0.1, -0.05) is 6.07 Å². The largest absolute Gasteiger partial charge is 0.504 e. The third-order valence-corrected chi connectivity index (χ3v) is 8.17. The molecule has 10 nitrogen and oxygen atoms in total. The highest BCUT2D eigenvalue weighted by Gasteiger charge is 2.52. The lowest BCUT2D eigenvalue weighted by Gasteiger charge is -2.55. The monoisotopic (exact) mass is 510 g/mol. The molecule has 1 amide bonds. The van der Waals surface area contributed by atoms with Gasteiger partial charge in [-0.3, -0.25) is 19.3 Å². The zero-order valence-electron chi connectivity index (χ0n) is 21.8. The highest BCUT2D eigenvalue weighted by atomic mass is 16.5. The summed E-state index contributed by atoms with van der Waals surface area (Å²) in [5, 5.41) is 17.8. The first kappa shape index (κ1) is 25.4. The Morgan fingerprint density at radius 1 is 1.24 bits per heavy atom. The van der Waals surface area contributed by atoms with Crippen LogP contribution < -0.4 is 21.1 Å². The van der Waals surface area contributed by atoms with Gasteiger partial charge in [0.2, 0.25) is 11.7 Å². The third-order valence-electron chi connectivity index (χ3n) is 8.17. The lowest BCUT2D eigenvalue weighted by Crippen LogP contribution is -2.67. The van der Waals surface area contributed by atoms with E-state index in [0.29, 0.717) is 36.3 Å². The van der Waals surface area contributed by atoms with Crippen molar-refractivity contribution in [3.63, 3.8) is 0 Å². The van der Waals surface area contributed by atoms with Crippen LogP contribution in [0.25, 0.3) is 0 Å². The first-order chi connectivity index (χ1) is 17.6. The molecule has 5 N–H and O–H groups in total. The number of benzene rings is 1. The van der Waals surface area contributed by atoms with Crippen LogP contribution in [0.3, 0.4) is 0 Å². The molecular formula is C27H34N4O6. The Balaban J connectivity index is 1.62. The fraction of sp³-hybridized carbons (Fsp3) is 0.519. The summed E-state index contributed by atoms with van der Waals surface area (Å²) in [6, 6.07) is 0.324. The number of piperazine rings is 1. The van der Waals surface area contributed by atoms with E-state index in [2.05, 4.69) is 21.6 Å². The summed E-state index contributed by atoms with van der Waals surface area (Å²) in [7, 11) is 2.92. The van der Waals surface area contributed by atoms with Crippen LogP contribution in [0, 0.1) is 6.92 Å². The highest BCUT2D eigenvalue weighted by molar-refractivity contribution is 6.25. The zero-order chi connectivity index (χ0) is 26.8. The van der Waals surface area contributed by atoms with Gasteiger partial charge in [0.25, 0.3) is 0 Å². The number of amides is 1. The van der Waals surface area contributed by atoms with Crippen LogP contribution in [0.2, 0.25) is 0 Å². The van der Waals surface area contributed by atoms with Gasteiger partial charge in [0.1, 0.15) is 0 Å². The first-order valence-corrected chi connectivity index (χ1v) is 12.6. The van der Waals surface area contributed by atoms with Crippen molar-refractivity contribution in [3.05, 3.63) is 45.2 Å². The number of nitrogens with two attached hydrogens (primary N) is 1. The molecule has 2 bridgehead atoms. The molecule has 198 valence electrons. The number of aryl methyl sites for hydroxylation is 1. The van der Waals surface area contributed by atoms with Crippen LogP contribution in [0.4, 0.5) is 0 Å². The summed E-state index contributed by atoms with van der Waals surface area (Å²) in [6.07, 6.45) is 1.01. The number of carbonyl (C=O) groups is 3. The maximum absolute atomic E-state index is 13.6. The number of ether oxygens (including phenoxy) is 2. The molecule has 0 saturated carbocycles. The smallest absolute Gasteiger partial charge is 0.236 e. The van der Waals surface area contributed by atoms with E-state index in [0.717, 1.165) is 16.7 Å². The van der Waals surface area contributed by atoms with Crippen molar-refractivity contribution in [1.82, 2.24) is 15.5 Å². The van der Waals surface area contributed by atoms with Crippen molar-refractivity contribution < 1.29 is 29.0 Å². The molecule has 5 rings (SSSR count). The number of hydrogen-bond acceptors (Lipinski definition) is 9. The lowest BCUT2D eigenvalue weighted by atomic mass is 9.72. The number of ketones is 2. The normalized spacial score (nSPS) is 27.8.